The molecule has 1 aromatic heterocycles. The van der Waals surface area contributed by atoms with Crippen LogP contribution in [-0.4, -0.2) is 16.6 Å². The van der Waals surface area contributed by atoms with Crippen LogP contribution in [0.25, 0.3) is 0 Å². The molecule has 0 saturated heterocycles. The number of hydrogen-bond donors (Lipinski definition) is 1. The Morgan fingerprint density at radius 1 is 1.71 bits per heavy atom. The zero-order valence-electron chi connectivity index (χ0n) is 8.29. The van der Waals surface area contributed by atoms with Crippen molar-refractivity contribution in [3.8, 4) is 6.07 Å². The maximum atomic E-state index is 11.4. The highest BCUT2D eigenvalue weighted by Crippen LogP contribution is 2.05. The first-order valence-electron chi connectivity index (χ1n) is 4.12. The van der Waals surface area contributed by atoms with E-state index in [0.29, 0.717) is 5.69 Å². The molecule has 14 heavy (non-hydrogen) atoms. The van der Waals surface area contributed by atoms with Crippen molar-refractivity contribution >= 4 is 5.91 Å². The highest BCUT2D eigenvalue weighted by molar-refractivity contribution is 5.92. The van der Waals surface area contributed by atoms with Crippen molar-refractivity contribution in [2.45, 2.75) is 26.3 Å². The minimum absolute atomic E-state index is 0.117. The largest absolute Gasteiger partial charge is 0.351 e. The summed E-state index contributed by atoms with van der Waals surface area (Å²) in [4.78, 5) is 11.4. The number of rotatable bonds is 2. The summed E-state index contributed by atoms with van der Waals surface area (Å²) in [5, 5.41) is 14.8. The van der Waals surface area contributed by atoms with Crippen LogP contribution in [0.2, 0.25) is 0 Å². The van der Waals surface area contributed by atoms with Gasteiger partial charge in [-0.05, 0) is 20.8 Å². The van der Waals surface area contributed by atoms with Crippen LogP contribution >= 0.6 is 0 Å². The minimum atomic E-state index is -0.905. The van der Waals surface area contributed by atoms with Crippen molar-refractivity contribution in [3.05, 3.63) is 17.5 Å². The van der Waals surface area contributed by atoms with E-state index in [0.717, 1.165) is 0 Å². The molecule has 0 aliphatic carbocycles. The smallest absolute Gasteiger partial charge is 0.291 e. The molecular weight excluding hydrogens is 182 g/mol. The molecule has 0 atom stereocenters. The van der Waals surface area contributed by atoms with Gasteiger partial charge in [-0.2, -0.15) is 5.26 Å². The van der Waals surface area contributed by atoms with Crippen LogP contribution in [0.15, 0.2) is 10.6 Å². The molecule has 0 bridgehead atoms. The minimum Gasteiger partial charge on any atom is -0.351 e. The van der Waals surface area contributed by atoms with E-state index in [1.54, 1.807) is 20.8 Å². The summed E-state index contributed by atoms with van der Waals surface area (Å²) in [5.74, 6) is -0.317. The van der Waals surface area contributed by atoms with Crippen LogP contribution in [0.5, 0.6) is 0 Å². The van der Waals surface area contributed by atoms with Gasteiger partial charge in [-0.25, -0.2) is 0 Å². The predicted molar refractivity (Wildman–Crippen MR) is 48.4 cm³/mol. The number of nitrogens with zero attached hydrogens (tertiary/aromatic N) is 2. The maximum Gasteiger partial charge on any atom is 0.291 e. The number of nitriles is 1. The van der Waals surface area contributed by atoms with E-state index >= 15 is 0 Å². The number of carbonyl (C=O) groups excluding carboxylic acids is 1. The summed E-state index contributed by atoms with van der Waals surface area (Å²) >= 11 is 0. The fraction of sp³-hybridized carbons (Fsp3) is 0.444. The lowest BCUT2D eigenvalue weighted by Gasteiger charge is -2.15. The molecule has 1 heterocycles. The summed E-state index contributed by atoms with van der Waals surface area (Å²) in [5.41, 5.74) is -0.275. The molecule has 5 nitrogen and oxygen atoms in total. The summed E-state index contributed by atoms with van der Waals surface area (Å²) in [7, 11) is 0. The second-order valence-electron chi connectivity index (χ2n) is 3.52. The van der Waals surface area contributed by atoms with Gasteiger partial charge in [0.2, 0.25) is 5.76 Å². The fourth-order valence-electron chi connectivity index (χ4n) is 0.844. The Morgan fingerprint density at radius 2 is 2.36 bits per heavy atom. The third-order valence-corrected chi connectivity index (χ3v) is 1.56. The molecule has 1 N–H and O–H groups in total. The van der Waals surface area contributed by atoms with Gasteiger partial charge >= 0.3 is 0 Å². The Morgan fingerprint density at radius 3 is 2.79 bits per heavy atom. The molecular formula is C9H11N3O2. The molecule has 74 valence electrons. The molecule has 0 saturated carbocycles. The molecule has 0 aliphatic heterocycles. The van der Waals surface area contributed by atoms with Crippen LogP contribution in [0.3, 0.4) is 0 Å². The number of carbonyl (C=O) groups is 1. The first-order valence-corrected chi connectivity index (χ1v) is 4.12. The molecule has 0 aromatic carbocycles. The first kappa shape index (κ1) is 10.3. The Bertz CT molecular complexity index is 387. The highest BCUT2D eigenvalue weighted by atomic mass is 16.5. The van der Waals surface area contributed by atoms with E-state index in [1.165, 1.54) is 6.07 Å². The van der Waals surface area contributed by atoms with Crippen LogP contribution in [0, 0.1) is 18.3 Å². The Hall–Kier alpha value is -1.83. The van der Waals surface area contributed by atoms with Crippen molar-refractivity contribution in [1.29, 1.82) is 5.26 Å². The zero-order valence-corrected chi connectivity index (χ0v) is 8.29. The van der Waals surface area contributed by atoms with Gasteiger partial charge < -0.3 is 9.84 Å². The monoisotopic (exact) mass is 193 g/mol. The molecule has 0 radical (unpaired) electrons. The van der Waals surface area contributed by atoms with Gasteiger partial charge in [0.15, 0.2) is 0 Å². The lowest BCUT2D eigenvalue weighted by Crippen LogP contribution is -2.41. The predicted octanol–water partition coefficient (Wildman–Crippen LogP) is 1.01. The maximum absolute atomic E-state index is 11.4. The Balaban J connectivity index is 2.74. The van der Waals surface area contributed by atoms with Crippen molar-refractivity contribution in [1.82, 2.24) is 10.5 Å². The van der Waals surface area contributed by atoms with Crippen LogP contribution in [0.1, 0.15) is 30.1 Å². The van der Waals surface area contributed by atoms with E-state index in [-0.39, 0.29) is 5.76 Å². The van der Waals surface area contributed by atoms with Gasteiger partial charge in [-0.15, -0.1) is 0 Å². The normalized spacial score (nSPS) is 10.7. The molecule has 0 fully saturated rings. The molecule has 0 unspecified atom stereocenters. The number of aryl methyl sites for hydroxylation is 1. The third-order valence-electron chi connectivity index (χ3n) is 1.56. The first-order chi connectivity index (χ1) is 6.44. The lowest BCUT2D eigenvalue weighted by molar-refractivity contribution is 0.0891. The van der Waals surface area contributed by atoms with Gasteiger partial charge in [0, 0.05) is 6.07 Å². The summed E-state index contributed by atoms with van der Waals surface area (Å²) in [6.45, 7) is 4.93. The zero-order chi connectivity index (χ0) is 10.8. The van der Waals surface area contributed by atoms with E-state index < -0.39 is 11.4 Å². The SMILES string of the molecule is Cc1cc(C(=O)NC(C)(C)C#N)on1. The Labute approximate surface area is 81.7 Å². The van der Waals surface area contributed by atoms with Crippen molar-refractivity contribution in [3.63, 3.8) is 0 Å². The number of amides is 1. The summed E-state index contributed by atoms with van der Waals surface area (Å²) in [6, 6.07) is 3.47. The second kappa shape index (κ2) is 3.50. The van der Waals surface area contributed by atoms with Gasteiger partial charge in [0.05, 0.1) is 11.8 Å². The third kappa shape index (κ3) is 2.33. The lowest BCUT2D eigenvalue weighted by atomic mass is 10.1. The molecule has 1 amide bonds. The topological polar surface area (TPSA) is 78.9 Å². The molecule has 1 aromatic rings. The van der Waals surface area contributed by atoms with Crippen molar-refractivity contribution in [2.24, 2.45) is 0 Å². The Kier molecular flexibility index (Phi) is 2.56. The molecule has 0 spiro atoms. The average Bonchev–Trinajstić information content (AvgIpc) is 2.51. The molecule has 5 heteroatoms. The van der Waals surface area contributed by atoms with E-state index in [1.807, 2.05) is 6.07 Å². The second-order valence-corrected chi connectivity index (χ2v) is 3.52. The van der Waals surface area contributed by atoms with E-state index in [9.17, 15) is 4.79 Å². The molecule has 1 rings (SSSR count). The number of nitrogens with one attached hydrogen (secondary N) is 1. The fourth-order valence-corrected chi connectivity index (χ4v) is 0.844. The van der Waals surface area contributed by atoms with Crippen LogP contribution < -0.4 is 5.32 Å². The quantitative estimate of drug-likeness (QED) is 0.760. The van der Waals surface area contributed by atoms with Crippen molar-refractivity contribution in [2.75, 3.05) is 0 Å². The van der Waals surface area contributed by atoms with Gasteiger partial charge in [-0.3, -0.25) is 4.79 Å². The number of aromatic nitrogens is 1. The van der Waals surface area contributed by atoms with E-state index in [4.69, 9.17) is 9.78 Å². The van der Waals surface area contributed by atoms with E-state index in [2.05, 4.69) is 10.5 Å². The summed E-state index contributed by atoms with van der Waals surface area (Å²) in [6.07, 6.45) is 0. The van der Waals surface area contributed by atoms with Gasteiger partial charge in [0.25, 0.3) is 5.91 Å². The number of hydrogen-bond acceptors (Lipinski definition) is 4. The van der Waals surface area contributed by atoms with Crippen LogP contribution in [0.4, 0.5) is 0 Å². The van der Waals surface area contributed by atoms with Crippen LogP contribution in [-0.2, 0) is 0 Å². The standard InChI is InChI=1S/C9H11N3O2/c1-6-4-7(14-12-6)8(13)11-9(2,3)5-10/h4H,1-3H3,(H,11,13). The van der Waals surface area contributed by atoms with Gasteiger partial charge in [0.1, 0.15) is 5.54 Å². The average molecular weight is 193 g/mol. The highest BCUT2D eigenvalue weighted by Gasteiger charge is 2.22. The van der Waals surface area contributed by atoms with Gasteiger partial charge in [-0.1, -0.05) is 5.16 Å². The summed E-state index contributed by atoms with van der Waals surface area (Å²) < 4.78 is 4.74. The molecule has 0 aliphatic rings. The van der Waals surface area contributed by atoms with Crippen molar-refractivity contribution < 1.29 is 9.32 Å².